The van der Waals surface area contributed by atoms with Crippen molar-refractivity contribution < 1.29 is 5.11 Å². The third-order valence-corrected chi connectivity index (χ3v) is 13.3. The van der Waals surface area contributed by atoms with Crippen molar-refractivity contribution in [2.75, 3.05) is 0 Å². The van der Waals surface area contributed by atoms with E-state index in [4.69, 9.17) is 0 Å². The van der Waals surface area contributed by atoms with Crippen LogP contribution in [-0.4, -0.2) is 5.11 Å². The molecular weight excluding hydrogens is 677 g/mol. The maximum atomic E-state index is 9.93. The molecule has 0 unspecified atom stereocenters. The Kier molecular flexibility index (Phi) is 48.2. The van der Waals surface area contributed by atoms with Crippen LogP contribution in [0.1, 0.15) is 335 Å². The topological polar surface area (TPSA) is 20.2 Å². The summed E-state index contributed by atoms with van der Waals surface area (Å²) >= 11 is 0. The van der Waals surface area contributed by atoms with Crippen molar-refractivity contribution in [3.63, 3.8) is 0 Å². The van der Waals surface area contributed by atoms with Gasteiger partial charge in [-0.15, -0.1) is 0 Å². The molecule has 0 aromatic carbocycles. The predicted octanol–water partition coefficient (Wildman–Crippen LogP) is 20.5. The summed E-state index contributed by atoms with van der Waals surface area (Å²) in [6.45, 7) is 6.93. The maximum absolute atomic E-state index is 9.93. The van der Waals surface area contributed by atoms with Crippen molar-refractivity contribution in [1.82, 2.24) is 0 Å². The fourth-order valence-corrected chi connectivity index (χ4v) is 9.36. The minimum Gasteiger partial charge on any atom is -0.462 e. The third-order valence-electron chi connectivity index (χ3n) is 13.3. The molecule has 0 aromatic rings. The average Bonchev–Trinajstić information content (AvgIpc) is 3.20. The molecule has 0 bridgehead atoms. The minimum absolute atomic E-state index is 0.0535. The van der Waals surface area contributed by atoms with Crippen LogP contribution < -0.4 is 0 Å². The lowest BCUT2D eigenvalue weighted by Crippen LogP contribution is -2.19. The van der Waals surface area contributed by atoms with Crippen LogP contribution in [0.3, 0.4) is 0 Å². The Hall–Kier alpha value is -0.640. The number of hydrogen-bond acceptors (Lipinski definition) is 1. The first-order chi connectivity index (χ1) is 27.7. The Morgan fingerprint density at radius 3 is 0.518 bits per heavy atom. The highest BCUT2D eigenvalue weighted by molar-refractivity contribution is 5.08. The summed E-state index contributed by atoms with van der Waals surface area (Å²) in [5.41, 5.74) is 0.0535. The fourth-order valence-electron chi connectivity index (χ4n) is 9.36. The zero-order valence-corrected chi connectivity index (χ0v) is 39.6. The summed E-state index contributed by atoms with van der Waals surface area (Å²) in [5.74, 6) is 3.45. The standard InChI is InChI=1S/C55H108O/c1-4-7-10-13-16-19-22-25-28-30-33-36-39-42-45-48-51-55(53-54-56,50-47-44-41-38-35-32-27-24-21-18-15-12-9-6-3)52-49-46-43-40-37-34-31-29-26-23-20-17-14-11-8-5-2/h56H,4-52H2,1-3H3. The maximum Gasteiger partial charge on any atom is 0.108 e. The molecule has 0 saturated heterocycles. The van der Waals surface area contributed by atoms with Crippen molar-refractivity contribution in [1.29, 1.82) is 0 Å². The van der Waals surface area contributed by atoms with Gasteiger partial charge in [0.2, 0.25) is 0 Å². The van der Waals surface area contributed by atoms with Gasteiger partial charge in [0.05, 0.1) is 0 Å². The van der Waals surface area contributed by atoms with Gasteiger partial charge in [0, 0.05) is 5.41 Å². The smallest absolute Gasteiger partial charge is 0.108 e. The van der Waals surface area contributed by atoms with E-state index in [9.17, 15) is 5.11 Å². The monoisotopic (exact) mass is 785 g/mol. The molecule has 1 heteroatoms. The van der Waals surface area contributed by atoms with Crippen molar-refractivity contribution in [3.05, 3.63) is 0 Å². The Labute approximate surface area is 356 Å². The van der Waals surface area contributed by atoms with E-state index in [0.29, 0.717) is 0 Å². The summed E-state index contributed by atoms with van der Waals surface area (Å²) in [5, 5.41) is 9.93. The molecule has 0 heterocycles. The lowest BCUT2D eigenvalue weighted by atomic mass is 9.74. The highest BCUT2D eigenvalue weighted by Gasteiger charge is 2.27. The van der Waals surface area contributed by atoms with Crippen molar-refractivity contribution >= 4 is 0 Å². The minimum atomic E-state index is 0.0535. The van der Waals surface area contributed by atoms with Crippen molar-refractivity contribution in [2.45, 2.75) is 335 Å². The normalized spacial score (nSPS) is 11.7. The van der Waals surface area contributed by atoms with E-state index in [-0.39, 0.29) is 5.41 Å². The van der Waals surface area contributed by atoms with E-state index in [1.807, 2.05) is 0 Å². The van der Waals surface area contributed by atoms with Crippen LogP contribution in [-0.2, 0) is 0 Å². The molecule has 0 aromatic heterocycles. The van der Waals surface area contributed by atoms with Gasteiger partial charge in [0.15, 0.2) is 0 Å². The lowest BCUT2D eigenvalue weighted by Gasteiger charge is -2.29. The summed E-state index contributed by atoms with van der Waals surface area (Å²) in [6.07, 6.45) is 71.4. The molecule has 0 spiro atoms. The fraction of sp³-hybridized carbons (Fsp3) is 0.964. The molecule has 0 saturated carbocycles. The molecule has 0 fully saturated rings. The summed E-state index contributed by atoms with van der Waals surface area (Å²) in [6, 6.07) is 0. The quantitative estimate of drug-likeness (QED) is 0.0481. The molecule has 334 valence electrons. The Morgan fingerprint density at radius 1 is 0.232 bits per heavy atom. The van der Waals surface area contributed by atoms with Gasteiger partial charge in [-0.2, -0.15) is 0 Å². The number of hydrogen-bond donors (Lipinski definition) is 1. The summed E-state index contributed by atoms with van der Waals surface area (Å²) in [4.78, 5) is 0. The second-order valence-corrected chi connectivity index (χ2v) is 19.0. The zero-order valence-electron chi connectivity index (χ0n) is 39.6. The predicted molar refractivity (Wildman–Crippen MR) is 255 cm³/mol. The Balaban J connectivity index is 4.32. The highest BCUT2D eigenvalue weighted by Crippen LogP contribution is 2.37. The molecule has 1 N–H and O–H groups in total. The van der Waals surface area contributed by atoms with Crippen LogP contribution in [0.15, 0.2) is 0 Å². The SMILES string of the molecule is CCCCCCCCCCCCCCCCCCC(C#CO)(CCCCCCCCCCCCCCCC)CCCCCCCCCCCCCCCCCC. The van der Waals surface area contributed by atoms with Gasteiger partial charge >= 0.3 is 0 Å². The summed E-state index contributed by atoms with van der Waals surface area (Å²) < 4.78 is 0. The molecule has 0 aliphatic carbocycles. The van der Waals surface area contributed by atoms with Crippen LogP contribution in [0.4, 0.5) is 0 Å². The molecule has 0 amide bonds. The number of aliphatic hydroxyl groups is 1. The van der Waals surface area contributed by atoms with Gasteiger partial charge in [-0.1, -0.05) is 322 Å². The van der Waals surface area contributed by atoms with Gasteiger partial charge in [-0.25, -0.2) is 0 Å². The van der Waals surface area contributed by atoms with Gasteiger partial charge in [-0.3, -0.25) is 0 Å². The van der Waals surface area contributed by atoms with E-state index in [1.165, 1.54) is 315 Å². The molecule has 0 aliphatic rings. The Bertz CT molecular complexity index is 723. The van der Waals surface area contributed by atoms with E-state index in [1.54, 1.807) is 0 Å². The lowest BCUT2D eigenvalue weighted by molar-refractivity contribution is 0.275. The number of aliphatic hydroxyl groups excluding tert-OH is 1. The molecule has 0 radical (unpaired) electrons. The molecule has 1 nitrogen and oxygen atoms in total. The first-order valence-corrected chi connectivity index (χ1v) is 26.9. The van der Waals surface area contributed by atoms with Gasteiger partial charge in [0.1, 0.15) is 6.11 Å². The van der Waals surface area contributed by atoms with Crippen LogP contribution in [0.5, 0.6) is 0 Å². The second-order valence-electron chi connectivity index (χ2n) is 19.0. The number of unbranched alkanes of at least 4 members (excludes halogenated alkanes) is 43. The van der Waals surface area contributed by atoms with Crippen molar-refractivity contribution in [2.24, 2.45) is 5.41 Å². The first kappa shape index (κ1) is 55.4. The van der Waals surface area contributed by atoms with Gasteiger partial charge in [-0.05, 0) is 19.3 Å². The molecule has 0 atom stereocenters. The Morgan fingerprint density at radius 2 is 0.375 bits per heavy atom. The van der Waals surface area contributed by atoms with E-state index in [0.717, 1.165) is 0 Å². The van der Waals surface area contributed by atoms with Gasteiger partial charge < -0.3 is 5.11 Å². The summed E-state index contributed by atoms with van der Waals surface area (Å²) in [7, 11) is 0. The first-order valence-electron chi connectivity index (χ1n) is 26.9. The average molecular weight is 785 g/mol. The molecular formula is C55H108O. The largest absolute Gasteiger partial charge is 0.462 e. The van der Waals surface area contributed by atoms with Crippen LogP contribution in [0, 0.1) is 17.4 Å². The molecule has 0 aliphatic heterocycles. The third kappa shape index (κ3) is 43.0. The molecule has 0 rings (SSSR count). The van der Waals surface area contributed by atoms with Crippen LogP contribution >= 0.6 is 0 Å². The highest BCUT2D eigenvalue weighted by atomic mass is 16.2. The number of rotatable bonds is 49. The second kappa shape index (κ2) is 48.7. The van der Waals surface area contributed by atoms with E-state index in [2.05, 4.69) is 32.8 Å². The van der Waals surface area contributed by atoms with Crippen molar-refractivity contribution in [3.8, 4) is 12.0 Å². The molecule has 56 heavy (non-hydrogen) atoms. The van der Waals surface area contributed by atoms with Gasteiger partial charge in [0.25, 0.3) is 0 Å². The zero-order chi connectivity index (χ0) is 40.6. The van der Waals surface area contributed by atoms with E-state index >= 15 is 0 Å². The van der Waals surface area contributed by atoms with Crippen LogP contribution in [0.2, 0.25) is 0 Å². The van der Waals surface area contributed by atoms with Crippen LogP contribution in [0.25, 0.3) is 0 Å². The van der Waals surface area contributed by atoms with E-state index < -0.39 is 0 Å².